The van der Waals surface area contributed by atoms with Crippen LogP contribution in [0.25, 0.3) is 0 Å². The average Bonchev–Trinajstić information content (AvgIpc) is 2.92. The Morgan fingerprint density at radius 2 is 2.09 bits per heavy atom. The first-order valence-electron chi connectivity index (χ1n) is 7.33. The van der Waals surface area contributed by atoms with E-state index in [1.165, 1.54) is 17.3 Å². The van der Waals surface area contributed by atoms with Gasteiger partial charge in [-0.25, -0.2) is 4.68 Å². The molecule has 7 heteroatoms. The van der Waals surface area contributed by atoms with Crippen LogP contribution in [-0.4, -0.2) is 31.9 Å². The standard InChI is InChI=1S/C15H21N5OS/c1-4-12-5-7-13(8-6-12)11(2)16-14(21)9-10-22-15-17-18-19-20(15)3/h5-8,11H,4,9-10H2,1-3H3,(H,16,21)/t11-/m1/s1. The second-order valence-corrected chi connectivity index (χ2v) is 6.13. The lowest BCUT2D eigenvalue weighted by atomic mass is 10.0. The monoisotopic (exact) mass is 319 g/mol. The topological polar surface area (TPSA) is 72.7 Å². The zero-order valence-electron chi connectivity index (χ0n) is 13.1. The van der Waals surface area contributed by atoms with Crippen LogP contribution in [0.2, 0.25) is 0 Å². The molecular weight excluding hydrogens is 298 g/mol. The first-order chi connectivity index (χ1) is 10.6. The fourth-order valence-electron chi connectivity index (χ4n) is 2.02. The van der Waals surface area contributed by atoms with Crippen molar-refractivity contribution in [2.24, 2.45) is 7.05 Å². The van der Waals surface area contributed by atoms with E-state index in [1.54, 1.807) is 11.7 Å². The Hall–Kier alpha value is -1.89. The van der Waals surface area contributed by atoms with Crippen molar-refractivity contribution in [2.45, 2.75) is 37.9 Å². The highest BCUT2D eigenvalue weighted by atomic mass is 32.2. The summed E-state index contributed by atoms with van der Waals surface area (Å²) in [7, 11) is 1.78. The van der Waals surface area contributed by atoms with Gasteiger partial charge in [0.25, 0.3) is 0 Å². The summed E-state index contributed by atoms with van der Waals surface area (Å²) in [6.07, 6.45) is 1.46. The molecule has 1 amide bonds. The normalized spacial score (nSPS) is 12.1. The van der Waals surface area contributed by atoms with Gasteiger partial charge in [-0.15, -0.1) is 5.10 Å². The Morgan fingerprint density at radius 3 is 2.68 bits per heavy atom. The molecule has 1 heterocycles. The van der Waals surface area contributed by atoms with E-state index in [4.69, 9.17) is 0 Å². The van der Waals surface area contributed by atoms with Crippen LogP contribution < -0.4 is 5.32 Å². The van der Waals surface area contributed by atoms with Gasteiger partial charge in [-0.3, -0.25) is 4.79 Å². The van der Waals surface area contributed by atoms with Crippen molar-refractivity contribution in [2.75, 3.05) is 5.75 Å². The number of rotatable bonds is 7. The van der Waals surface area contributed by atoms with Crippen LogP contribution >= 0.6 is 11.8 Å². The molecule has 0 aliphatic heterocycles. The minimum atomic E-state index is 0.0138. The fraction of sp³-hybridized carbons (Fsp3) is 0.467. The molecule has 1 N–H and O–H groups in total. The van der Waals surface area contributed by atoms with Crippen LogP contribution in [0.5, 0.6) is 0 Å². The van der Waals surface area contributed by atoms with E-state index in [9.17, 15) is 4.79 Å². The Morgan fingerprint density at radius 1 is 1.36 bits per heavy atom. The second kappa shape index (κ2) is 7.93. The minimum absolute atomic E-state index is 0.0138. The molecule has 1 atom stereocenters. The molecule has 6 nitrogen and oxygen atoms in total. The first kappa shape index (κ1) is 16.5. The molecule has 0 saturated carbocycles. The predicted molar refractivity (Wildman–Crippen MR) is 86.5 cm³/mol. The van der Waals surface area contributed by atoms with Crippen molar-refractivity contribution < 1.29 is 4.79 Å². The maximum atomic E-state index is 12.0. The Balaban J connectivity index is 1.77. The summed E-state index contributed by atoms with van der Waals surface area (Å²) in [5, 5.41) is 14.9. The molecule has 0 aliphatic rings. The van der Waals surface area contributed by atoms with Crippen LogP contribution in [0.4, 0.5) is 0 Å². The maximum absolute atomic E-state index is 12.0. The number of benzene rings is 1. The zero-order valence-corrected chi connectivity index (χ0v) is 13.9. The number of amides is 1. The Bertz CT molecular complexity index is 611. The lowest BCUT2D eigenvalue weighted by Crippen LogP contribution is -2.26. The molecule has 2 rings (SSSR count). The van der Waals surface area contributed by atoms with Crippen molar-refractivity contribution in [1.82, 2.24) is 25.5 Å². The van der Waals surface area contributed by atoms with E-state index in [0.29, 0.717) is 12.2 Å². The van der Waals surface area contributed by atoms with Crippen molar-refractivity contribution >= 4 is 17.7 Å². The summed E-state index contributed by atoms with van der Waals surface area (Å²) in [5.74, 6) is 0.691. The van der Waals surface area contributed by atoms with E-state index >= 15 is 0 Å². The zero-order chi connectivity index (χ0) is 15.9. The van der Waals surface area contributed by atoms with Gasteiger partial charge < -0.3 is 5.32 Å². The maximum Gasteiger partial charge on any atom is 0.221 e. The molecule has 0 fully saturated rings. The number of aromatic nitrogens is 4. The van der Waals surface area contributed by atoms with E-state index in [2.05, 4.69) is 52.0 Å². The molecule has 1 aromatic heterocycles. The fourth-order valence-corrected chi connectivity index (χ4v) is 2.81. The smallest absolute Gasteiger partial charge is 0.221 e. The number of nitrogens with one attached hydrogen (secondary N) is 1. The number of hydrogen-bond donors (Lipinski definition) is 1. The lowest BCUT2D eigenvalue weighted by molar-refractivity contribution is -0.121. The highest BCUT2D eigenvalue weighted by molar-refractivity contribution is 7.99. The van der Waals surface area contributed by atoms with Gasteiger partial charge >= 0.3 is 0 Å². The van der Waals surface area contributed by atoms with E-state index in [-0.39, 0.29) is 11.9 Å². The molecule has 0 unspecified atom stereocenters. The summed E-state index contributed by atoms with van der Waals surface area (Å²) in [4.78, 5) is 12.0. The van der Waals surface area contributed by atoms with Crippen molar-refractivity contribution in [1.29, 1.82) is 0 Å². The van der Waals surface area contributed by atoms with Crippen LogP contribution in [-0.2, 0) is 18.3 Å². The van der Waals surface area contributed by atoms with Gasteiger partial charge in [0.2, 0.25) is 11.1 Å². The number of carbonyl (C=O) groups excluding carboxylic acids is 1. The number of aryl methyl sites for hydroxylation is 2. The summed E-state index contributed by atoms with van der Waals surface area (Å²) in [6, 6.07) is 8.37. The van der Waals surface area contributed by atoms with E-state index in [1.807, 2.05) is 6.92 Å². The second-order valence-electron chi connectivity index (χ2n) is 5.07. The SMILES string of the molecule is CCc1ccc([C@@H](C)NC(=O)CCSc2nnnn2C)cc1. The van der Waals surface area contributed by atoms with Gasteiger partial charge in [0.15, 0.2) is 0 Å². The quantitative estimate of drug-likeness (QED) is 0.792. The molecular formula is C15H21N5OS. The van der Waals surface area contributed by atoms with Crippen LogP contribution in [0.3, 0.4) is 0 Å². The van der Waals surface area contributed by atoms with Gasteiger partial charge in [-0.2, -0.15) is 0 Å². The van der Waals surface area contributed by atoms with Gasteiger partial charge in [-0.1, -0.05) is 43.0 Å². The molecule has 0 spiro atoms. The van der Waals surface area contributed by atoms with Crippen molar-refractivity contribution in [3.8, 4) is 0 Å². The highest BCUT2D eigenvalue weighted by Crippen LogP contribution is 2.16. The molecule has 22 heavy (non-hydrogen) atoms. The van der Waals surface area contributed by atoms with E-state index in [0.717, 1.165) is 17.1 Å². The molecule has 0 aliphatic carbocycles. The summed E-state index contributed by atoms with van der Waals surface area (Å²) in [5.41, 5.74) is 2.42. The summed E-state index contributed by atoms with van der Waals surface area (Å²) in [6.45, 7) is 4.13. The average molecular weight is 319 g/mol. The number of thioether (sulfide) groups is 1. The van der Waals surface area contributed by atoms with Crippen LogP contribution in [0.1, 0.15) is 37.4 Å². The molecule has 0 saturated heterocycles. The molecule has 0 radical (unpaired) electrons. The Kier molecular flexibility index (Phi) is 5.94. The van der Waals surface area contributed by atoms with Gasteiger partial charge in [0.05, 0.1) is 6.04 Å². The van der Waals surface area contributed by atoms with E-state index < -0.39 is 0 Å². The van der Waals surface area contributed by atoms with Gasteiger partial charge in [-0.05, 0) is 34.9 Å². The summed E-state index contributed by atoms with van der Waals surface area (Å²) >= 11 is 1.48. The van der Waals surface area contributed by atoms with Crippen molar-refractivity contribution in [3.05, 3.63) is 35.4 Å². The number of nitrogens with zero attached hydrogens (tertiary/aromatic N) is 4. The number of tetrazole rings is 1. The summed E-state index contributed by atoms with van der Waals surface area (Å²) < 4.78 is 1.60. The Labute approximate surface area is 134 Å². The minimum Gasteiger partial charge on any atom is -0.350 e. The molecule has 1 aromatic carbocycles. The lowest BCUT2D eigenvalue weighted by Gasteiger charge is -2.14. The molecule has 0 bridgehead atoms. The number of carbonyl (C=O) groups is 1. The first-order valence-corrected chi connectivity index (χ1v) is 8.32. The van der Waals surface area contributed by atoms with Crippen LogP contribution in [0.15, 0.2) is 29.4 Å². The van der Waals surface area contributed by atoms with Gasteiger partial charge in [0.1, 0.15) is 0 Å². The van der Waals surface area contributed by atoms with Crippen molar-refractivity contribution in [3.63, 3.8) is 0 Å². The largest absolute Gasteiger partial charge is 0.350 e. The van der Waals surface area contributed by atoms with Crippen LogP contribution in [0, 0.1) is 0 Å². The third-order valence-electron chi connectivity index (χ3n) is 3.41. The highest BCUT2D eigenvalue weighted by Gasteiger charge is 2.10. The molecule has 118 valence electrons. The number of hydrogen-bond acceptors (Lipinski definition) is 5. The molecule has 2 aromatic rings. The third kappa shape index (κ3) is 4.56. The van der Waals surface area contributed by atoms with Gasteiger partial charge in [0, 0.05) is 19.2 Å². The predicted octanol–water partition coefficient (Wildman–Crippen LogP) is 2.13. The third-order valence-corrected chi connectivity index (χ3v) is 4.42.